The first-order chi connectivity index (χ1) is 15.3. The number of ether oxygens (including phenoxy) is 1. The third kappa shape index (κ3) is 2.17. The van der Waals surface area contributed by atoms with Crippen molar-refractivity contribution < 1.29 is 14.3 Å². The summed E-state index contributed by atoms with van der Waals surface area (Å²) in [6, 6.07) is 0. The molecule has 2 bridgehead atoms. The van der Waals surface area contributed by atoms with Crippen molar-refractivity contribution >= 4 is 11.8 Å². The van der Waals surface area contributed by atoms with E-state index >= 15 is 0 Å². The van der Waals surface area contributed by atoms with E-state index in [2.05, 4.69) is 60.6 Å². The van der Waals surface area contributed by atoms with E-state index < -0.39 is 5.60 Å². The zero-order chi connectivity index (χ0) is 23.8. The highest BCUT2D eigenvalue weighted by Crippen LogP contribution is 2.79. The van der Waals surface area contributed by atoms with E-state index in [-0.39, 0.29) is 33.0 Å². The lowest BCUT2D eigenvalue weighted by Crippen LogP contribution is -2.70. The number of esters is 1. The van der Waals surface area contributed by atoms with Crippen LogP contribution in [0.1, 0.15) is 99.8 Å². The smallest absolute Gasteiger partial charge is 0.313 e. The standard InChI is InChI=1S/C30H44O3/c1-18-8-14-29-17-16-28(7)27(6)13-9-20-25(3,4)22(31)11-12-26(20,5)21(27)10-15-30(28,33-24(29)32)23(29)19(18)2/h10,15,18-21,23H,8-9,11-14,16-17H2,1-7H3/t18?,19?,20?,21?,23?,26-,27+,28?,29+,30-/m1/s1. The Labute approximate surface area is 200 Å². The summed E-state index contributed by atoms with van der Waals surface area (Å²) in [5.41, 5.74) is -0.850. The van der Waals surface area contributed by atoms with E-state index in [4.69, 9.17) is 4.74 Å². The molecule has 3 heteroatoms. The van der Waals surface area contributed by atoms with Gasteiger partial charge >= 0.3 is 5.97 Å². The molecule has 0 aromatic carbocycles. The molecule has 3 nitrogen and oxygen atoms in total. The van der Waals surface area contributed by atoms with Crippen LogP contribution in [0.5, 0.6) is 0 Å². The second kappa shape index (κ2) is 6.16. The average Bonchev–Trinajstić information content (AvgIpc) is 2.95. The molecule has 0 radical (unpaired) electrons. The summed E-state index contributed by atoms with van der Waals surface area (Å²) in [7, 11) is 0. The Kier molecular flexibility index (Phi) is 4.17. The summed E-state index contributed by atoms with van der Waals surface area (Å²) < 4.78 is 6.70. The Hall–Kier alpha value is -1.12. The number of carbonyl (C=O) groups is 2. The molecule has 1 heterocycles. The molecule has 33 heavy (non-hydrogen) atoms. The molecule has 5 fully saturated rings. The fourth-order valence-electron chi connectivity index (χ4n) is 11.2. The Morgan fingerprint density at radius 2 is 1.64 bits per heavy atom. The molecule has 0 aromatic heterocycles. The lowest BCUT2D eigenvalue weighted by Gasteiger charge is -2.71. The van der Waals surface area contributed by atoms with Crippen molar-refractivity contribution in [2.24, 2.45) is 56.7 Å². The maximum atomic E-state index is 13.6. The minimum absolute atomic E-state index is 0.0648. The molecular weight excluding hydrogens is 408 g/mol. The number of fused-ring (bicyclic) bond motifs is 4. The van der Waals surface area contributed by atoms with Crippen molar-refractivity contribution in [2.75, 3.05) is 0 Å². The van der Waals surface area contributed by atoms with Gasteiger partial charge in [0.05, 0.1) is 5.41 Å². The summed E-state index contributed by atoms with van der Waals surface area (Å²) in [6.45, 7) is 16.7. The van der Waals surface area contributed by atoms with Crippen molar-refractivity contribution in [1.29, 1.82) is 0 Å². The second-order valence-corrected chi connectivity index (χ2v) is 14.5. The Balaban J connectivity index is 1.52. The van der Waals surface area contributed by atoms with Gasteiger partial charge in [0.15, 0.2) is 0 Å². The van der Waals surface area contributed by atoms with Crippen LogP contribution in [0.3, 0.4) is 0 Å². The number of allylic oxidation sites excluding steroid dienone is 1. The van der Waals surface area contributed by atoms with E-state index in [1.165, 1.54) is 0 Å². The minimum Gasteiger partial charge on any atom is -0.453 e. The largest absolute Gasteiger partial charge is 0.453 e. The molecule has 4 saturated carbocycles. The van der Waals surface area contributed by atoms with Crippen LogP contribution in [-0.4, -0.2) is 17.4 Å². The molecule has 6 unspecified atom stereocenters. The maximum absolute atomic E-state index is 13.6. The Bertz CT molecular complexity index is 964. The quantitative estimate of drug-likeness (QED) is 0.302. The zero-order valence-corrected chi connectivity index (χ0v) is 21.9. The lowest BCUT2D eigenvalue weighted by atomic mass is 9.32. The second-order valence-electron chi connectivity index (χ2n) is 14.5. The normalized spacial score (nSPS) is 58.6. The van der Waals surface area contributed by atoms with Gasteiger partial charge in [-0.3, -0.25) is 9.59 Å². The van der Waals surface area contributed by atoms with Gasteiger partial charge in [-0.1, -0.05) is 54.5 Å². The van der Waals surface area contributed by atoms with Crippen molar-refractivity contribution in [1.82, 2.24) is 0 Å². The number of Topliss-reactive ketones (excluding diaryl/α,β-unsaturated/α-hetero) is 1. The van der Waals surface area contributed by atoms with Crippen LogP contribution in [-0.2, 0) is 14.3 Å². The number of rotatable bonds is 0. The zero-order valence-electron chi connectivity index (χ0n) is 21.9. The summed E-state index contributed by atoms with van der Waals surface area (Å²) in [5.74, 6) is 2.83. The van der Waals surface area contributed by atoms with E-state index in [0.717, 1.165) is 44.9 Å². The molecule has 1 saturated heterocycles. The third-order valence-corrected chi connectivity index (χ3v) is 13.6. The molecule has 0 N–H and O–H groups in total. The third-order valence-electron chi connectivity index (χ3n) is 13.6. The van der Waals surface area contributed by atoms with Crippen molar-refractivity contribution in [3.8, 4) is 0 Å². The Morgan fingerprint density at radius 3 is 2.36 bits per heavy atom. The molecule has 10 atom stereocenters. The van der Waals surface area contributed by atoms with E-state index in [1.807, 2.05) is 0 Å². The fraction of sp³-hybridized carbons (Fsp3) is 0.867. The van der Waals surface area contributed by atoms with Crippen molar-refractivity contribution in [3.63, 3.8) is 0 Å². The summed E-state index contributed by atoms with van der Waals surface area (Å²) in [4.78, 5) is 26.6. The summed E-state index contributed by atoms with van der Waals surface area (Å²) in [5, 5.41) is 0. The van der Waals surface area contributed by atoms with Gasteiger partial charge in [-0.25, -0.2) is 0 Å². The minimum atomic E-state index is -0.467. The highest BCUT2D eigenvalue weighted by Gasteiger charge is 2.80. The van der Waals surface area contributed by atoms with Crippen LogP contribution < -0.4 is 0 Å². The monoisotopic (exact) mass is 452 g/mol. The van der Waals surface area contributed by atoms with Crippen LogP contribution in [0.15, 0.2) is 12.2 Å². The fourth-order valence-corrected chi connectivity index (χ4v) is 11.2. The Morgan fingerprint density at radius 1 is 0.909 bits per heavy atom. The molecule has 182 valence electrons. The predicted molar refractivity (Wildman–Crippen MR) is 129 cm³/mol. The highest BCUT2D eigenvalue weighted by molar-refractivity contribution is 5.85. The first kappa shape index (κ1) is 22.4. The lowest BCUT2D eigenvalue weighted by molar-refractivity contribution is -0.235. The van der Waals surface area contributed by atoms with E-state index in [9.17, 15) is 9.59 Å². The van der Waals surface area contributed by atoms with Gasteiger partial charge in [-0.05, 0) is 85.5 Å². The van der Waals surface area contributed by atoms with Gasteiger partial charge in [0, 0.05) is 23.2 Å². The van der Waals surface area contributed by atoms with Crippen LogP contribution in [0.4, 0.5) is 0 Å². The molecule has 0 aromatic rings. The number of hydrogen-bond acceptors (Lipinski definition) is 3. The SMILES string of the molecule is CC1CC[C@@]23CCC4(C)[C@@]5(C)CCC6C(C)(C)C(=O)CC[C@@]6(C)C5C=C[C@@]4(OC2=O)C3C1C. The molecule has 6 aliphatic rings. The number of hydrogen-bond donors (Lipinski definition) is 0. The highest BCUT2D eigenvalue weighted by atomic mass is 16.6. The van der Waals surface area contributed by atoms with Crippen LogP contribution in [0.25, 0.3) is 0 Å². The van der Waals surface area contributed by atoms with Gasteiger partial charge in [0.25, 0.3) is 0 Å². The number of carbonyl (C=O) groups excluding carboxylic acids is 2. The van der Waals surface area contributed by atoms with Gasteiger partial charge in [-0.15, -0.1) is 0 Å². The van der Waals surface area contributed by atoms with E-state index in [1.54, 1.807) is 0 Å². The van der Waals surface area contributed by atoms with Crippen LogP contribution in [0, 0.1) is 56.7 Å². The molecular formula is C30H44O3. The van der Waals surface area contributed by atoms with Gasteiger partial charge in [0.2, 0.25) is 0 Å². The summed E-state index contributed by atoms with van der Waals surface area (Å²) >= 11 is 0. The first-order valence-electron chi connectivity index (χ1n) is 13.8. The van der Waals surface area contributed by atoms with Gasteiger partial charge in [-0.2, -0.15) is 0 Å². The molecule has 0 amide bonds. The van der Waals surface area contributed by atoms with Crippen LogP contribution >= 0.6 is 0 Å². The maximum Gasteiger partial charge on any atom is 0.313 e. The molecule has 6 rings (SSSR count). The van der Waals surface area contributed by atoms with E-state index in [0.29, 0.717) is 41.8 Å². The summed E-state index contributed by atoms with van der Waals surface area (Å²) in [6.07, 6.45) is 13.1. The topological polar surface area (TPSA) is 43.4 Å². The van der Waals surface area contributed by atoms with Gasteiger partial charge in [0.1, 0.15) is 11.4 Å². The average molecular weight is 453 g/mol. The van der Waals surface area contributed by atoms with Crippen LogP contribution in [0.2, 0.25) is 0 Å². The molecule has 1 spiro atoms. The van der Waals surface area contributed by atoms with Crippen molar-refractivity contribution in [3.05, 3.63) is 12.2 Å². The predicted octanol–water partition coefficient (Wildman–Crippen LogP) is 6.75. The van der Waals surface area contributed by atoms with Gasteiger partial charge < -0.3 is 4.74 Å². The molecule has 1 aliphatic heterocycles. The molecule has 5 aliphatic carbocycles. The first-order valence-corrected chi connectivity index (χ1v) is 13.8. The van der Waals surface area contributed by atoms with Crippen molar-refractivity contribution in [2.45, 2.75) is 105 Å². The number of ketones is 1.